The molecule has 2 aliphatic heterocycles. The van der Waals surface area contributed by atoms with Gasteiger partial charge in [-0.15, -0.1) is 0 Å². The van der Waals surface area contributed by atoms with E-state index in [9.17, 15) is 9.18 Å². The molecule has 2 aliphatic rings. The van der Waals surface area contributed by atoms with Gasteiger partial charge in [-0.2, -0.15) is 0 Å². The molecule has 0 radical (unpaired) electrons. The fraction of sp³-hybridized carbons (Fsp3) is 0.600. The summed E-state index contributed by atoms with van der Waals surface area (Å²) < 4.78 is 18.5. The Bertz CT molecular complexity index is 636. The maximum Gasteiger partial charge on any atom is 0.251 e. The zero-order chi connectivity index (χ0) is 19.1. The van der Waals surface area contributed by atoms with E-state index in [1.807, 2.05) is 11.8 Å². The Morgan fingerprint density at radius 1 is 1.22 bits per heavy atom. The minimum Gasteiger partial charge on any atom is -0.368 e. The Labute approximate surface area is 160 Å². The lowest BCUT2D eigenvalue weighted by molar-refractivity contribution is -0.142. The summed E-state index contributed by atoms with van der Waals surface area (Å²) in [5.41, 5.74) is 1.07. The number of halogens is 1. The number of ether oxygens (including phenoxy) is 1. The van der Waals surface area contributed by atoms with E-state index in [1.165, 1.54) is 12.1 Å². The second-order valence-electron chi connectivity index (χ2n) is 6.93. The van der Waals surface area contributed by atoms with Crippen LogP contribution < -0.4 is 5.32 Å². The van der Waals surface area contributed by atoms with Crippen molar-refractivity contribution in [2.75, 3.05) is 45.9 Å². The van der Waals surface area contributed by atoms with Crippen LogP contribution in [0.15, 0.2) is 29.3 Å². The van der Waals surface area contributed by atoms with Gasteiger partial charge in [0.2, 0.25) is 0 Å². The van der Waals surface area contributed by atoms with Crippen molar-refractivity contribution in [3.8, 4) is 0 Å². The number of amides is 1. The molecule has 6 nitrogen and oxygen atoms in total. The first-order valence-electron chi connectivity index (χ1n) is 9.85. The Morgan fingerprint density at radius 3 is 2.56 bits per heavy atom. The summed E-state index contributed by atoms with van der Waals surface area (Å²) in [5.74, 6) is 0.792. The van der Waals surface area contributed by atoms with E-state index >= 15 is 0 Å². The third-order valence-electron chi connectivity index (χ3n) is 5.01. The van der Waals surface area contributed by atoms with E-state index in [0.29, 0.717) is 26.2 Å². The molecule has 7 heteroatoms. The van der Waals surface area contributed by atoms with Crippen molar-refractivity contribution in [3.05, 3.63) is 35.6 Å². The van der Waals surface area contributed by atoms with E-state index in [0.717, 1.165) is 50.4 Å². The molecule has 2 heterocycles. The van der Waals surface area contributed by atoms with Crippen molar-refractivity contribution < 1.29 is 13.9 Å². The van der Waals surface area contributed by atoms with Crippen LogP contribution in [0.2, 0.25) is 0 Å². The average molecular weight is 376 g/mol. The maximum atomic E-state index is 13.0. The van der Waals surface area contributed by atoms with Gasteiger partial charge < -0.3 is 19.9 Å². The van der Waals surface area contributed by atoms with Gasteiger partial charge in [-0.25, -0.2) is 4.39 Å². The van der Waals surface area contributed by atoms with Crippen LogP contribution in [0.25, 0.3) is 0 Å². The topological polar surface area (TPSA) is 57.2 Å². The standard InChI is InChI=1S/C20H29FN4O2/c1-2-22-20(23-10-9-16-5-7-17(21)8-6-16)25-13-11-24(12-14-25)19(26)18-4-3-15-27-18/h5-8,18H,2-4,9-15H2,1H3,(H,22,23). The van der Waals surface area contributed by atoms with Gasteiger partial charge in [-0.1, -0.05) is 12.1 Å². The Kier molecular flexibility index (Phi) is 7.04. The normalized spacial score (nSPS) is 20.8. The van der Waals surface area contributed by atoms with Gasteiger partial charge in [0.1, 0.15) is 11.9 Å². The number of hydrogen-bond donors (Lipinski definition) is 1. The SMILES string of the molecule is CCNC(=NCCc1ccc(F)cc1)N1CCN(C(=O)C2CCCO2)CC1. The summed E-state index contributed by atoms with van der Waals surface area (Å²) in [6.45, 7) is 7.10. The van der Waals surface area contributed by atoms with Crippen LogP contribution in [0.1, 0.15) is 25.3 Å². The fourth-order valence-electron chi connectivity index (χ4n) is 3.48. The van der Waals surface area contributed by atoms with Crippen LogP contribution in [0.4, 0.5) is 4.39 Å². The molecule has 0 bridgehead atoms. The van der Waals surface area contributed by atoms with Crippen molar-refractivity contribution in [2.24, 2.45) is 4.99 Å². The van der Waals surface area contributed by atoms with Gasteiger partial charge in [0.25, 0.3) is 5.91 Å². The van der Waals surface area contributed by atoms with E-state index in [-0.39, 0.29) is 17.8 Å². The van der Waals surface area contributed by atoms with Crippen LogP contribution >= 0.6 is 0 Å². The quantitative estimate of drug-likeness (QED) is 0.627. The first-order valence-corrected chi connectivity index (χ1v) is 9.85. The van der Waals surface area contributed by atoms with E-state index < -0.39 is 0 Å². The van der Waals surface area contributed by atoms with Crippen LogP contribution in [-0.2, 0) is 16.0 Å². The monoisotopic (exact) mass is 376 g/mol. The van der Waals surface area contributed by atoms with Crippen LogP contribution in [-0.4, -0.2) is 73.6 Å². The fourth-order valence-corrected chi connectivity index (χ4v) is 3.48. The molecule has 1 unspecified atom stereocenters. The van der Waals surface area contributed by atoms with E-state index in [2.05, 4.69) is 10.2 Å². The molecule has 0 saturated carbocycles. The van der Waals surface area contributed by atoms with Gasteiger partial charge >= 0.3 is 0 Å². The highest BCUT2D eigenvalue weighted by molar-refractivity contribution is 5.82. The van der Waals surface area contributed by atoms with E-state index in [4.69, 9.17) is 9.73 Å². The molecule has 3 rings (SSSR count). The maximum absolute atomic E-state index is 13.0. The Hall–Kier alpha value is -2.15. The summed E-state index contributed by atoms with van der Waals surface area (Å²) in [6.07, 6.45) is 2.34. The van der Waals surface area contributed by atoms with Crippen molar-refractivity contribution in [1.29, 1.82) is 0 Å². The molecule has 2 fully saturated rings. The van der Waals surface area contributed by atoms with Gasteiger partial charge in [-0.05, 0) is 43.9 Å². The summed E-state index contributed by atoms with van der Waals surface area (Å²) in [5, 5.41) is 3.33. The summed E-state index contributed by atoms with van der Waals surface area (Å²) >= 11 is 0. The number of hydrogen-bond acceptors (Lipinski definition) is 3. The Balaban J connectivity index is 1.51. The first-order chi connectivity index (χ1) is 13.2. The third kappa shape index (κ3) is 5.42. The van der Waals surface area contributed by atoms with Crippen LogP contribution in [0, 0.1) is 5.82 Å². The summed E-state index contributed by atoms with van der Waals surface area (Å²) in [6, 6.07) is 6.56. The summed E-state index contributed by atoms with van der Waals surface area (Å²) in [7, 11) is 0. The highest BCUT2D eigenvalue weighted by Gasteiger charge is 2.30. The molecule has 2 saturated heterocycles. The highest BCUT2D eigenvalue weighted by Crippen LogP contribution is 2.16. The minimum atomic E-state index is -0.242. The highest BCUT2D eigenvalue weighted by atomic mass is 19.1. The van der Waals surface area contributed by atoms with Crippen LogP contribution in [0.3, 0.4) is 0 Å². The number of carbonyl (C=O) groups is 1. The van der Waals surface area contributed by atoms with Crippen molar-refractivity contribution in [2.45, 2.75) is 32.3 Å². The van der Waals surface area contributed by atoms with Crippen molar-refractivity contribution >= 4 is 11.9 Å². The first kappa shape index (κ1) is 19.6. The Morgan fingerprint density at radius 2 is 1.93 bits per heavy atom. The molecule has 148 valence electrons. The molecule has 1 aromatic carbocycles. The van der Waals surface area contributed by atoms with Gasteiger partial charge in [-0.3, -0.25) is 9.79 Å². The molecular weight excluding hydrogens is 347 g/mol. The largest absolute Gasteiger partial charge is 0.368 e. The van der Waals surface area contributed by atoms with E-state index in [1.54, 1.807) is 12.1 Å². The number of aliphatic imine (C=N–C) groups is 1. The summed E-state index contributed by atoms with van der Waals surface area (Å²) in [4.78, 5) is 21.3. The zero-order valence-electron chi connectivity index (χ0n) is 16.0. The number of benzene rings is 1. The second kappa shape index (κ2) is 9.69. The lowest BCUT2D eigenvalue weighted by Gasteiger charge is -2.37. The number of carbonyl (C=O) groups excluding carboxylic acids is 1. The van der Waals surface area contributed by atoms with Crippen LogP contribution in [0.5, 0.6) is 0 Å². The average Bonchev–Trinajstić information content (AvgIpc) is 3.23. The molecule has 0 aliphatic carbocycles. The third-order valence-corrected chi connectivity index (χ3v) is 5.01. The number of nitrogens with zero attached hydrogens (tertiary/aromatic N) is 3. The molecule has 1 N–H and O–H groups in total. The molecule has 27 heavy (non-hydrogen) atoms. The molecule has 1 aromatic rings. The second-order valence-corrected chi connectivity index (χ2v) is 6.93. The van der Waals surface area contributed by atoms with Crippen molar-refractivity contribution in [1.82, 2.24) is 15.1 Å². The van der Waals surface area contributed by atoms with Gasteiger partial charge in [0.05, 0.1) is 0 Å². The zero-order valence-corrected chi connectivity index (χ0v) is 16.0. The molecular formula is C20H29FN4O2. The minimum absolute atomic E-state index is 0.130. The van der Waals surface area contributed by atoms with Crippen molar-refractivity contribution in [3.63, 3.8) is 0 Å². The lowest BCUT2D eigenvalue weighted by Crippen LogP contribution is -2.55. The number of nitrogens with one attached hydrogen (secondary N) is 1. The molecule has 1 amide bonds. The molecule has 0 aromatic heterocycles. The predicted molar refractivity (Wildman–Crippen MR) is 103 cm³/mol. The van der Waals surface area contributed by atoms with Gasteiger partial charge in [0.15, 0.2) is 5.96 Å². The number of guanidine groups is 1. The molecule has 1 atom stereocenters. The number of rotatable bonds is 5. The molecule has 0 spiro atoms. The number of piperazine rings is 1. The van der Waals surface area contributed by atoms with Gasteiger partial charge in [0, 0.05) is 45.9 Å². The lowest BCUT2D eigenvalue weighted by atomic mass is 10.1. The predicted octanol–water partition coefficient (Wildman–Crippen LogP) is 1.66. The smallest absolute Gasteiger partial charge is 0.251 e.